The average molecular weight is 262 g/mol. The van der Waals surface area contributed by atoms with Gasteiger partial charge in [0.15, 0.2) is 0 Å². The van der Waals surface area contributed by atoms with Crippen molar-refractivity contribution in [3.8, 4) is 0 Å². The molecule has 0 spiro atoms. The number of amides is 2. The highest BCUT2D eigenvalue weighted by Gasteiger charge is 2.33. The van der Waals surface area contributed by atoms with Gasteiger partial charge in [-0.3, -0.25) is 0 Å². The smallest absolute Gasteiger partial charge is 0.335 e. The summed E-state index contributed by atoms with van der Waals surface area (Å²) in [5, 5.41) is 14.6. The molecule has 0 aromatic heterocycles. The molecule has 0 heterocycles. The van der Waals surface area contributed by atoms with Crippen LogP contribution in [0.5, 0.6) is 0 Å². The SMILES string of the molecule is Cc1cc(NC(=O)NC2(C)CCC2)ccc1C(=O)O. The molecule has 5 nitrogen and oxygen atoms in total. The van der Waals surface area contributed by atoms with Gasteiger partial charge in [0.2, 0.25) is 0 Å². The van der Waals surface area contributed by atoms with Crippen LogP contribution >= 0.6 is 0 Å². The number of anilines is 1. The summed E-state index contributed by atoms with van der Waals surface area (Å²) in [4.78, 5) is 22.7. The molecule has 0 unspecified atom stereocenters. The Kier molecular flexibility index (Phi) is 3.46. The van der Waals surface area contributed by atoms with E-state index in [9.17, 15) is 9.59 Å². The standard InChI is InChI=1S/C14H18N2O3/c1-9-8-10(4-5-11(9)12(17)18)15-13(19)16-14(2)6-3-7-14/h4-5,8H,3,6-7H2,1-2H3,(H,17,18)(H2,15,16,19). The number of hydrogen-bond acceptors (Lipinski definition) is 2. The van der Waals surface area contributed by atoms with Crippen LogP contribution in [-0.4, -0.2) is 22.6 Å². The topological polar surface area (TPSA) is 78.4 Å². The number of rotatable bonds is 3. The summed E-state index contributed by atoms with van der Waals surface area (Å²) in [5.74, 6) is -0.963. The van der Waals surface area contributed by atoms with Crippen LogP contribution in [0.4, 0.5) is 10.5 Å². The first-order valence-corrected chi connectivity index (χ1v) is 6.33. The maximum Gasteiger partial charge on any atom is 0.335 e. The van der Waals surface area contributed by atoms with Crippen molar-refractivity contribution in [2.75, 3.05) is 5.32 Å². The van der Waals surface area contributed by atoms with E-state index in [4.69, 9.17) is 5.11 Å². The quantitative estimate of drug-likeness (QED) is 0.783. The van der Waals surface area contributed by atoms with Crippen molar-refractivity contribution in [2.24, 2.45) is 0 Å². The van der Waals surface area contributed by atoms with Gasteiger partial charge in [0.25, 0.3) is 0 Å². The summed E-state index contributed by atoms with van der Waals surface area (Å²) in [6.45, 7) is 3.73. The third-order valence-electron chi connectivity index (χ3n) is 3.59. The molecular formula is C14H18N2O3. The van der Waals surface area contributed by atoms with Gasteiger partial charge in [0.05, 0.1) is 5.56 Å². The summed E-state index contributed by atoms with van der Waals surface area (Å²) in [7, 11) is 0. The summed E-state index contributed by atoms with van der Waals surface area (Å²) in [5.41, 5.74) is 1.38. The predicted molar refractivity (Wildman–Crippen MR) is 72.5 cm³/mol. The van der Waals surface area contributed by atoms with E-state index in [1.165, 1.54) is 6.07 Å². The number of nitrogens with one attached hydrogen (secondary N) is 2. The van der Waals surface area contributed by atoms with Crippen molar-refractivity contribution < 1.29 is 14.7 Å². The lowest BCUT2D eigenvalue weighted by Gasteiger charge is -2.39. The largest absolute Gasteiger partial charge is 0.478 e. The molecule has 2 amide bonds. The molecule has 2 rings (SSSR count). The summed E-state index contributed by atoms with van der Waals surface area (Å²) in [6.07, 6.45) is 3.14. The Bertz CT molecular complexity index is 521. The number of aryl methyl sites for hydroxylation is 1. The van der Waals surface area contributed by atoms with Crippen molar-refractivity contribution in [1.29, 1.82) is 0 Å². The number of aromatic carboxylic acids is 1. The fourth-order valence-corrected chi connectivity index (χ4v) is 2.25. The number of hydrogen-bond donors (Lipinski definition) is 3. The second kappa shape index (κ2) is 4.91. The minimum Gasteiger partial charge on any atom is -0.478 e. The lowest BCUT2D eigenvalue weighted by molar-refractivity contribution is 0.0696. The molecule has 1 saturated carbocycles. The fourth-order valence-electron chi connectivity index (χ4n) is 2.25. The highest BCUT2D eigenvalue weighted by molar-refractivity contribution is 5.93. The van der Waals surface area contributed by atoms with E-state index < -0.39 is 5.97 Å². The average Bonchev–Trinajstić information content (AvgIpc) is 2.26. The van der Waals surface area contributed by atoms with Crippen molar-refractivity contribution in [3.05, 3.63) is 29.3 Å². The van der Waals surface area contributed by atoms with Gasteiger partial charge in [-0.2, -0.15) is 0 Å². The Morgan fingerprint density at radius 2 is 2.00 bits per heavy atom. The number of carboxylic acids is 1. The maximum absolute atomic E-state index is 11.8. The highest BCUT2D eigenvalue weighted by Crippen LogP contribution is 2.30. The van der Waals surface area contributed by atoms with Crippen LogP contribution in [0.3, 0.4) is 0 Å². The van der Waals surface area contributed by atoms with E-state index in [-0.39, 0.29) is 17.1 Å². The first-order valence-electron chi connectivity index (χ1n) is 6.33. The minimum absolute atomic E-state index is 0.0971. The fraction of sp³-hybridized carbons (Fsp3) is 0.429. The molecule has 102 valence electrons. The number of urea groups is 1. The zero-order valence-electron chi connectivity index (χ0n) is 11.1. The van der Waals surface area contributed by atoms with E-state index in [1.807, 2.05) is 6.92 Å². The molecule has 0 radical (unpaired) electrons. The van der Waals surface area contributed by atoms with Crippen LogP contribution < -0.4 is 10.6 Å². The molecule has 1 aromatic rings. The lowest BCUT2D eigenvalue weighted by Crippen LogP contribution is -2.52. The summed E-state index contributed by atoms with van der Waals surface area (Å²) in [6, 6.07) is 4.51. The molecule has 1 aromatic carbocycles. The highest BCUT2D eigenvalue weighted by atomic mass is 16.4. The zero-order valence-corrected chi connectivity index (χ0v) is 11.1. The van der Waals surface area contributed by atoms with Gasteiger partial charge >= 0.3 is 12.0 Å². The van der Waals surface area contributed by atoms with Crippen molar-refractivity contribution in [1.82, 2.24) is 5.32 Å². The molecule has 0 saturated heterocycles. The predicted octanol–water partition coefficient (Wildman–Crippen LogP) is 2.76. The van der Waals surface area contributed by atoms with E-state index in [0.717, 1.165) is 19.3 Å². The van der Waals surface area contributed by atoms with E-state index in [0.29, 0.717) is 11.3 Å². The van der Waals surface area contributed by atoms with Crippen molar-refractivity contribution in [3.63, 3.8) is 0 Å². The molecule has 1 aliphatic rings. The normalized spacial score (nSPS) is 16.3. The molecule has 1 fully saturated rings. The molecule has 5 heteroatoms. The number of carboxylic acid groups (broad SMARTS) is 1. The number of benzene rings is 1. The van der Waals surface area contributed by atoms with Gasteiger partial charge < -0.3 is 15.7 Å². The lowest BCUT2D eigenvalue weighted by atomic mass is 9.79. The molecular weight excluding hydrogens is 244 g/mol. The van der Waals surface area contributed by atoms with E-state index in [2.05, 4.69) is 10.6 Å². The summed E-state index contributed by atoms with van der Waals surface area (Å²) >= 11 is 0. The second-order valence-corrected chi connectivity index (χ2v) is 5.33. The monoisotopic (exact) mass is 262 g/mol. The third kappa shape index (κ3) is 3.05. The molecule has 0 atom stereocenters. The van der Waals surface area contributed by atoms with Gasteiger partial charge in [-0.05, 0) is 56.9 Å². The third-order valence-corrected chi connectivity index (χ3v) is 3.59. The van der Waals surface area contributed by atoms with Gasteiger partial charge in [-0.25, -0.2) is 9.59 Å². The van der Waals surface area contributed by atoms with E-state index >= 15 is 0 Å². The van der Waals surface area contributed by atoms with Gasteiger partial charge in [-0.1, -0.05) is 0 Å². The Hall–Kier alpha value is -2.04. The van der Waals surface area contributed by atoms with Crippen LogP contribution in [0.15, 0.2) is 18.2 Å². The molecule has 0 bridgehead atoms. The van der Waals surface area contributed by atoms with E-state index in [1.54, 1.807) is 19.1 Å². The second-order valence-electron chi connectivity index (χ2n) is 5.33. The first-order chi connectivity index (χ1) is 8.89. The molecule has 19 heavy (non-hydrogen) atoms. The Labute approximate surface area is 112 Å². The van der Waals surface area contributed by atoms with Gasteiger partial charge in [0.1, 0.15) is 0 Å². The Balaban J connectivity index is 2.01. The van der Waals surface area contributed by atoms with Gasteiger partial charge in [-0.15, -0.1) is 0 Å². The molecule has 3 N–H and O–H groups in total. The van der Waals surface area contributed by atoms with Gasteiger partial charge in [0, 0.05) is 11.2 Å². The molecule has 0 aliphatic heterocycles. The molecule has 1 aliphatic carbocycles. The van der Waals surface area contributed by atoms with Crippen LogP contribution in [0.2, 0.25) is 0 Å². The zero-order chi connectivity index (χ0) is 14.0. The van der Waals surface area contributed by atoms with Crippen molar-refractivity contribution in [2.45, 2.75) is 38.6 Å². The Morgan fingerprint density at radius 1 is 1.32 bits per heavy atom. The van der Waals surface area contributed by atoms with Crippen LogP contribution in [0.25, 0.3) is 0 Å². The van der Waals surface area contributed by atoms with Crippen LogP contribution in [0, 0.1) is 6.92 Å². The number of carbonyl (C=O) groups excluding carboxylic acids is 1. The van der Waals surface area contributed by atoms with Crippen LogP contribution in [0.1, 0.15) is 42.1 Å². The number of carbonyl (C=O) groups is 2. The minimum atomic E-state index is -0.963. The van der Waals surface area contributed by atoms with Crippen molar-refractivity contribution >= 4 is 17.7 Å². The Morgan fingerprint density at radius 3 is 2.47 bits per heavy atom. The first kappa shape index (κ1) is 13.4. The summed E-state index contributed by atoms with van der Waals surface area (Å²) < 4.78 is 0. The van der Waals surface area contributed by atoms with Crippen LogP contribution in [-0.2, 0) is 0 Å². The maximum atomic E-state index is 11.8.